The molecule has 1 amide bonds. The summed E-state index contributed by atoms with van der Waals surface area (Å²) in [7, 11) is 1.98. The molecule has 2 bridgehead atoms. The maximum absolute atomic E-state index is 13.7. The number of hydrogen-bond acceptors (Lipinski definition) is 11. The molecule has 3 aliphatic carbocycles. The highest BCUT2D eigenvalue weighted by Crippen LogP contribution is 2.68. The Morgan fingerprint density at radius 1 is 1.11 bits per heavy atom. The Balaban J connectivity index is 0.931. The van der Waals surface area contributed by atoms with Gasteiger partial charge in [-0.15, -0.1) is 18.3 Å². The molecule has 13 heteroatoms. The molecule has 290 valence electrons. The Bertz CT molecular complexity index is 1710. The molecule has 9 atom stereocenters. The normalized spacial score (nSPS) is 36.3. The van der Waals surface area contributed by atoms with E-state index in [1.165, 1.54) is 0 Å². The van der Waals surface area contributed by atoms with Crippen molar-refractivity contribution in [3.05, 3.63) is 25.3 Å². The number of likely N-dealkylation sites (tertiary alicyclic amines) is 1. The third-order valence-electron chi connectivity index (χ3n) is 14.7. The first-order valence-corrected chi connectivity index (χ1v) is 20.9. The number of ether oxygens (including phenoxy) is 1. The van der Waals surface area contributed by atoms with Crippen LogP contribution in [0.5, 0.6) is 0 Å². The van der Waals surface area contributed by atoms with E-state index in [1.54, 1.807) is 24.4 Å². The largest absolute Gasteiger partial charge is 0.461 e. The summed E-state index contributed by atoms with van der Waals surface area (Å²) in [5.74, 6) is 1.08. The molecular weight excluding hydrogens is 691 g/mol. The van der Waals surface area contributed by atoms with Gasteiger partial charge in [0, 0.05) is 73.6 Å². The average molecular weight is 750 g/mol. The number of esters is 1. The Hall–Kier alpha value is -3.03. The lowest BCUT2D eigenvalue weighted by Gasteiger charge is -2.61. The number of nitrogens with zero attached hydrogens (tertiary/aromatic N) is 6. The van der Waals surface area contributed by atoms with Crippen LogP contribution in [0.2, 0.25) is 0 Å². The first kappa shape index (κ1) is 38.3. The summed E-state index contributed by atoms with van der Waals surface area (Å²) in [5.41, 5.74) is 0.0649. The second kappa shape index (κ2) is 14.9. The monoisotopic (exact) mass is 749 g/mol. The van der Waals surface area contributed by atoms with Crippen molar-refractivity contribution in [2.75, 3.05) is 43.9 Å². The molecule has 1 unspecified atom stereocenters. The molecule has 0 aromatic carbocycles. The average Bonchev–Trinajstić information content (AvgIpc) is 3.91. The number of imidazole rings is 1. The molecule has 2 saturated heterocycles. The number of hydrogen-bond donors (Lipinski definition) is 2. The molecule has 2 aliphatic heterocycles. The summed E-state index contributed by atoms with van der Waals surface area (Å²) in [6.07, 6.45) is 10.7. The molecular formula is C40H59N7O5S. The number of thioether (sulfide) groups is 1. The number of carbonyl (C=O) groups is 3. The number of aromatic nitrogens is 4. The summed E-state index contributed by atoms with van der Waals surface area (Å²) in [4.78, 5) is 58.5. The van der Waals surface area contributed by atoms with E-state index in [-0.39, 0.29) is 51.8 Å². The standard InChI is InChI=1S/C40H59N7O5S/c1-7-38(4)20-30(39(5)25(2)8-14-40(26(3)35(38)51)15-9-29(48)34(39)40)52-32(50)22-53-28-11-17-45(18-12-28)31(49)13-19-47-24-44-33-36(42-23-43-37(33)47)46-16-10-27(21-46)41-6/h7,23-28,30,34-35,41,51H,1,8-22H2,2-6H3/t25-,26+,27?,30-,34-,35+,38-,39+,40+/m1/s1. The number of rotatable bonds is 10. The van der Waals surface area contributed by atoms with Gasteiger partial charge in [0.1, 0.15) is 18.2 Å². The molecule has 4 heterocycles. The van der Waals surface area contributed by atoms with Crippen molar-refractivity contribution in [2.45, 2.75) is 116 Å². The van der Waals surface area contributed by atoms with Crippen molar-refractivity contribution in [1.82, 2.24) is 29.7 Å². The van der Waals surface area contributed by atoms with Crippen molar-refractivity contribution < 1.29 is 24.2 Å². The molecule has 12 nitrogen and oxygen atoms in total. The molecule has 2 aromatic heterocycles. The predicted octanol–water partition coefficient (Wildman–Crippen LogP) is 4.65. The highest BCUT2D eigenvalue weighted by molar-refractivity contribution is 8.00. The summed E-state index contributed by atoms with van der Waals surface area (Å²) < 4.78 is 8.41. The number of amides is 1. The number of aliphatic hydroxyl groups excluding tert-OH is 1. The lowest BCUT2D eigenvalue weighted by atomic mass is 9.44. The van der Waals surface area contributed by atoms with Gasteiger partial charge in [0.25, 0.3) is 0 Å². The van der Waals surface area contributed by atoms with Crippen molar-refractivity contribution in [2.24, 2.45) is 34.0 Å². The van der Waals surface area contributed by atoms with Crippen molar-refractivity contribution >= 4 is 46.4 Å². The van der Waals surface area contributed by atoms with Crippen LogP contribution in [0.4, 0.5) is 5.82 Å². The lowest BCUT2D eigenvalue weighted by molar-refractivity contribution is -0.205. The van der Waals surface area contributed by atoms with Gasteiger partial charge in [0.2, 0.25) is 5.91 Å². The van der Waals surface area contributed by atoms with Gasteiger partial charge >= 0.3 is 5.97 Å². The number of aliphatic hydroxyl groups is 1. The number of ketones is 1. The van der Waals surface area contributed by atoms with Crippen LogP contribution in [0.15, 0.2) is 25.3 Å². The smallest absolute Gasteiger partial charge is 0.316 e. The van der Waals surface area contributed by atoms with Crippen LogP contribution in [0.3, 0.4) is 0 Å². The number of anilines is 1. The Labute approximate surface area is 318 Å². The van der Waals surface area contributed by atoms with Crippen LogP contribution in [-0.4, -0.2) is 110 Å². The van der Waals surface area contributed by atoms with Gasteiger partial charge in [-0.3, -0.25) is 14.4 Å². The molecule has 2 N–H and O–H groups in total. The zero-order chi connectivity index (χ0) is 37.7. The van der Waals surface area contributed by atoms with E-state index in [0.717, 1.165) is 68.6 Å². The minimum atomic E-state index is -0.678. The van der Waals surface area contributed by atoms with E-state index in [2.05, 4.69) is 52.5 Å². The SMILES string of the molecule is C=C[C@]1(C)C[C@@H](OC(=O)CSC2CCN(C(=O)CCn3cnc4c(N5CCC(NC)C5)ncnc43)CC2)[C@]2(C)[C@H](C)CC[C@]3(CCC(=O)[C@@H]32)[C@@H](C)[C@@H]1O. The summed E-state index contributed by atoms with van der Waals surface area (Å²) in [5, 5.41) is 15.4. The first-order valence-electron chi connectivity index (χ1n) is 19.9. The maximum atomic E-state index is 13.7. The fraction of sp³-hybridized carbons (Fsp3) is 0.750. The van der Waals surface area contributed by atoms with Crippen LogP contribution < -0.4 is 10.2 Å². The first-order chi connectivity index (χ1) is 25.3. The minimum Gasteiger partial charge on any atom is -0.461 e. The maximum Gasteiger partial charge on any atom is 0.316 e. The highest BCUT2D eigenvalue weighted by atomic mass is 32.2. The van der Waals surface area contributed by atoms with Gasteiger partial charge in [-0.2, -0.15) is 0 Å². The molecule has 5 fully saturated rings. The third-order valence-corrected chi connectivity index (χ3v) is 16.0. The van der Waals surface area contributed by atoms with Crippen LogP contribution in [0, 0.1) is 34.0 Å². The molecule has 53 heavy (non-hydrogen) atoms. The van der Waals surface area contributed by atoms with Crippen molar-refractivity contribution in [3.63, 3.8) is 0 Å². The van der Waals surface area contributed by atoms with Crippen LogP contribution in [0.25, 0.3) is 11.2 Å². The van der Waals surface area contributed by atoms with Crippen LogP contribution >= 0.6 is 11.8 Å². The van der Waals surface area contributed by atoms with E-state index in [1.807, 2.05) is 29.5 Å². The van der Waals surface area contributed by atoms with E-state index in [9.17, 15) is 19.5 Å². The number of nitrogens with one attached hydrogen (secondary N) is 1. The lowest BCUT2D eigenvalue weighted by Crippen LogP contribution is -2.63. The highest BCUT2D eigenvalue weighted by Gasteiger charge is 2.68. The molecule has 5 aliphatic rings. The summed E-state index contributed by atoms with van der Waals surface area (Å²) in [6.45, 7) is 16.3. The number of aryl methyl sites for hydroxylation is 1. The Morgan fingerprint density at radius 3 is 2.60 bits per heavy atom. The number of carbonyl (C=O) groups excluding carboxylic acids is 3. The zero-order valence-electron chi connectivity index (χ0n) is 32.3. The van der Waals surface area contributed by atoms with Crippen LogP contribution in [-0.2, 0) is 25.7 Å². The van der Waals surface area contributed by atoms with E-state index >= 15 is 0 Å². The summed E-state index contributed by atoms with van der Waals surface area (Å²) >= 11 is 1.61. The number of likely N-dealkylation sites (N-methyl/N-ethyl adjacent to an activating group) is 1. The van der Waals surface area contributed by atoms with Crippen molar-refractivity contribution in [3.8, 4) is 0 Å². The van der Waals surface area contributed by atoms with E-state index in [4.69, 9.17) is 4.74 Å². The number of piperidine rings is 1. The molecule has 3 saturated carbocycles. The molecule has 0 spiro atoms. The Kier molecular flexibility index (Phi) is 10.8. The van der Waals surface area contributed by atoms with E-state index in [0.29, 0.717) is 44.9 Å². The predicted molar refractivity (Wildman–Crippen MR) is 206 cm³/mol. The molecule has 0 radical (unpaired) electrons. The molecule has 2 aromatic rings. The van der Waals surface area contributed by atoms with Gasteiger partial charge in [-0.25, -0.2) is 15.0 Å². The molecule has 7 rings (SSSR count). The topological polar surface area (TPSA) is 143 Å². The zero-order valence-corrected chi connectivity index (χ0v) is 33.1. The number of fused-ring (bicyclic) bond motifs is 1. The third kappa shape index (κ3) is 6.70. The van der Waals surface area contributed by atoms with Gasteiger partial charge in [-0.1, -0.05) is 33.8 Å². The van der Waals surface area contributed by atoms with Crippen molar-refractivity contribution in [1.29, 1.82) is 0 Å². The van der Waals surface area contributed by atoms with E-state index < -0.39 is 23.0 Å². The van der Waals surface area contributed by atoms with Gasteiger partial charge < -0.3 is 29.5 Å². The second-order valence-corrected chi connectivity index (χ2v) is 18.5. The quantitative estimate of drug-likeness (QED) is 0.259. The second-order valence-electron chi connectivity index (χ2n) is 17.2. The minimum absolute atomic E-state index is 0.0566. The number of Topliss-reactive ketones (excluding diaryl/α,β-unsaturated/α-hetero) is 1. The van der Waals surface area contributed by atoms with Gasteiger partial charge in [0.15, 0.2) is 17.0 Å². The van der Waals surface area contributed by atoms with Crippen LogP contribution in [0.1, 0.15) is 85.5 Å². The summed E-state index contributed by atoms with van der Waals surface area (Å²) in [6, 6.07) is 0.431. The van der Waals surface area contributed by atoms with Gasteiger partial charge in [0.05, 0.1) is 18.2 Å². The van der Waals surface area contributed by atoms with Gasteiger partial charge in [-0.05, 0) is 69.2 Å². The fourth-order valence-corrected chi connectivity index (χ4v) is 12.0. The Morgan fingerprint density at radius 2 is 1.89 bits per heavy atom. The fourth-order valence-electron chi connectivity index (χ4n) is 11.0.